The van der Waals surface area contributed by atoms with Gasteiger partial charge < -0.3 is 16.4 Å². The van der Waals surface area contributed by atoms with Gasteiger partial charge in [-0.15, -0.1) is 24.2 Å². The van der Waals surface area contributed by atoms with E-state index in [1.165, 1.54) is 18.7 Å². The molecule has 5 nitrogen and oxygen atoms in total. The number of hydrogen-bond acceptors (Lipinski definition) is 4. The average Bonchev–Trinajstić information content (AvgIpc) is 2.61. The Bertz CT molecular complexity index is 710. The van der Waals surface area contributed by atoms with Gasteiger partial charge in [-0.3, -0.25) is 9.59 Å². The van der Waals surface area contributed by atoms with Crippen molar-refractivity contribution in [2.75, 3.05) is 11.9 Å². The normalized spacial score (nSPS) is 12.4. The summed E-state index contributed by atoms with van der Waals surface area (Å²) in [5, 5.41) is 5.37. The number of benzene rings is 2. The van der Waals surface area contributed by atoms with Crippen molar-refractivity contribution in [2.24, 2.45) is 5.73 Å². The molecule has 0 fully saturated rings. The predicted molar refractivity (Wildman–Crippen MR) is 110 cm³/mol. The van der Waals surface area contributed by atoms with Crippen molar-refractivity contribution in [2.45, 2.75) is 30.0 Å². The minimum Gasteiger partial charge on any atom is -0.353 e. The van der Waals surface area contributed by atoms with Crippen LogP contribution >= 0.6 is 24.2 Å². The second kappa shape index (κ2) is 10.9. The maximum atomic E-state index is 12.3. The van der Waals surface area contributed by atoms with E-state index in [1.54, 1.807) is 0 Å². The zero-order chi connectivity index (χ0) is 18.2. The quantitative estimate of drug-likeness (QED) is 0.630. The Morgan fingerprint density at radius 3 is 2.27 bits per heavy atom. The Kier molecular flexibility index (Phi) is 9.19. The number of thioether (sulfide) groups is 1. The van der Waals surface area contributed by atoms with Gasteiger partial charge >= 0.3 is 0 Å². The van der Waals surface area contributed by atoms with E-state index in [4.69, 9.17) is 5.73 Å². The van der Waals surface area contributed by atoms with Crippen LogP contribution in [-0.4, -0.2) is 23.6 Å². The van der Waals surface area contributed by atoms with E-state index in [0.717, 1.165) is 16.1 Å². The Morgan fingerprint density at radius 2 is 1.69 bits per heavy atom. The molecule has 0 aliphatic carbocycles. The highest BCUT2D eigenvalue weighted by Gasteiger charge is 2.15. The van der Waals surface area contributed by atoms with Gasteiger partial charge in [0.05, 0.1) is 5.25 Å². The lowest BCUT2D eigenvalue weighted by Crippen LogP contribution is -2.36. The van der Waals surface area contributed by atoms with Crippen molar-refractivity contribution in [3.8, 4) is 0 Å². The molecule has 0 aliphatic heterocycles. The van der Waals surface area contributed by atoms with Crippen LogP contribution in [0.15, 0.2) is 59.5 Å². The fraction of sp³-hybridized carbons (Fsp3) is 0.263. The van der Waals surface area contributed by atoms with Gasteiger partial charge in [0.1, 0.15) is 0 Å². The first kappa shape index (κ1) is 22.0. The number of halogens is 1. The number of hydrogen-bond donors (Lipinski definition) is 3. The lowest BCUT2D eigenvalue weighted by molar-refractivity contribution is -0.120. The fourth-order valence-electron chi connectivity index (χ4n) is 2.25. The largest absolute Gasteiger partial charge is 0.353 e. The van der Waals surface area contributed by atoms with Crippen LogP contribution in [0.2, 0.25) is 0 Å². The molecule has 0 radical (unpaired) electrons. The van der Waals surface area contributed by atoms with E-state index in [9.17, 15) is 9.59 Å². The van der Waals surface area contributed by atoms with Gasteiger partial charge in [-0.1, -0.05) is 30.3 Å². The van der Waals surface area contributed by atoms with Crippen LogP contribution in [0, 0.1) is 0 Å². The molecule has 2 rings (SSSR count). The van der Waals surface area contributed by atoms with Crippen LogP contribution in [0.25, 0.3) is 0 Å². The second-order valence-corrected chi connectivity index (χ2v) is 7.14. The monoisotopic (exact) mass is 393 g/mol. The van der Waals surface area contributed by atoms with Crippen LogP contribution in [-0.2, 0) is 9.59 Å². The molecule has 4 N–H and O–H groups in total. The molecule has 7 heteroatoms. The Hall–Kier alpha value is -2.02. The maximum absolute atomic E-state index is 12.3. The maximum Gasteiger partial charge on any atom is 0.233 e. The first-order valence-corrected chi connectivity index (χ1v) is 8.96. The number of nitrogens with two attached hydrogens (primary N) is 1. The minimum absolute atomic E-state index is 0. The number of rotatable bonds is 7. The highest BCUT2D eigenvalue weighted by Crippen LogP contribution is 2.25. The molecule has 0 bridgehead atoms. The zero-order valence-electron chi connectivity index (χ0n) is 14.8. The highest BCUT2D eigenvalue weighted by molar-refractivity contribution is 8.00. The minimum atomic E-state index is -0.241. The molecule has 2 aromatic carbocycles. The van der Waals surface area contributed by atoms with E-state index < -0.39 is 0 Å². The summed E-state index contributed by atoms with van der Waals surface area (Å²) in [6.07, 6.45) is 0. The van der Waals surface area contributed by atoms with E-state index in [-0.39, 0.29) is 35.5 Å². The Morgan fingerprint density at radius 1 is 1.08 bits per heavy atom. The second-order valence-electron chi connectivity index (χ2n) is 5.73. The van der Waals surface area contributed by atoms with Crippen molar-refractivity contribution < 1.29 is 9.59 Å². The van der Waals surface area contributed by atoms with E-state index >= 15 is 0 Å². The summed E-state index contributed by atoms with van der Waals surface area (Å²) in [6, 6.07) is 16.9. The molecular formula is C19H24ClN3O2S. The number of amides is 2. The molecule has 0 saturated heterocycles. The number of carbonyl (C=O) groups excluding carboxylic acids is 2. The SMILES string of the molecule is CC(=O)Nc1ccc(SC(C)C(=O)NCC(N)c2ccccc2)cc1.Cl. The lowest BCUT2D eigenvalue weighted by Gasteiger charge is -2.16. The third-order valence-electron chi connectivity index (χ3n) is 3.58. The smallest absolute Gasteiger partial charge is 0.233 e. The first-order valence-electron chi connectivity index (χ1n) is 8.08. The highest BCUT2D eigenvalue weighted by atomic mass is 35.5. The van der Waals surface area contributed by atoms with E-state index in [1.807, 2.05) is 61.5 Å². The third kappa shape index (κ3) is 7.07. The fourth-order valence-corrected chi connectivity index (χ4v) is 3.14. The van der Waals surface area contributed by atoms with Crippen LogP contribution in [0.5, 0.6) is 0 Å². The van der Waals surface area contributed by atoms with Crippen LogP contribution in [0.3, 0.4) is 0 Å². The molecule has 0 aliphatic rings. The van der Waals surface area contributed by atoms with Gasteiger partial charge in [0.2, 0.25) is 11.8 Å². The molecule has 2 unspecified atom stereocenters. The molecule has 0 heterocycles. The molecule has 2 amide bonds. The zero-order valence-corrected chi connectivity index (χ0v) is 16.4. The molecule has 0 saturated carbocycles. The summed E-state index contributed by atoms with van der Waals surface area (Å²) in [6.45, 7) is 3.72. The Labute approximate surface area is 164 Å². The van der Waals surface area contributed by atoms with Crippen LogP contribution in [0.4, 0.5) is 5.69 Å². The number of nitrogens with one attached hydrogen (secondary N) is 2. The summed E-state index contributed by atoms with van der Waals surface area (Å²) in [4.78, 5) is 24.2. The van der Waals surface area contributed by atoms with Crippen LogP contribution < -0.4 is 16.4 Å². The Balaban J connectivity index is 0.00000338. The molecule has 26 heavy (non-hydrogen) atoms. The molecule has 2 aromatic rings. The summed E-state index contributed by atoms with van der Waals surface area (Å²) in [5.41, 5.74) is 7.83. The van der Waals surface area contributed by atoms with Crippen molar-refractivity contribution in [1.82, 2.24) is 5.32 Å². The van der Waals surface area contributed by atoms with Crippen molar-refractivity contribution in [1.29, 1.82) is 0 Å². The van der Waals surface area contributed by atoms with Crippen molar-refractivity contribution >= 4 is 41.7 Å². The number of carbonyl (C=O) groups is 2. The summed E-state index contributed by atoms with van der Waals surface area (Å²) >= 11 is 1.46. The topological polar surface area (TPSA) is 84.2 Å². The molecule has 140 valence electrons. The average molecular weight is 394 g/mol. The lowest BCUT2D eigenvalue weighted by atomic mass is 10.1. The standard InChI is InChI=1S/C19H23N3O2S.ClH/c1-13(25-17-10-8-16(9-11-17)22-14(2)23)19(24)21-12-18(20)15-6-4-3-5-7-15;/h3-11,13,18H,12,20H2,1-2H3,(H,21,24)(H,22,23);1H. The summed E-state index contributed by atoms with van der Waals surface area (Å²) < 4.78 is 0. The molecule has 2 atom stereocenters. The molecule has 0 aromatic heterocycles. The number of anilines is 1. The van der Waals surface area contributed by atoms with Gasteiger partial charge in [0.25, 0.3) is 0 Å². The summed E-state index contributed by atoms with van der Waals surface area (Å²) in [5.74, 6) is -0.162. The van der Waals surface area contributed by atoms with Gasteiger partial charge in [0.15, 0.2) is 0 Å². The van der Waals surface area contributed by atoms with Crippen molar-refractivity contribution in [3.63, 3.8) is 0 Å². The van der Waals surface area contributed by atoms with Gasteiger partial charge in [-0.05, 0) is 36.8 Å². The predicted octanol–water partition coefficient (Wildman–Crippen LogP) is 3.36. The summed E-state index contributed by atoms with van der Waals surface area (Å²) in [7, 11) is 0. The first-order chi connectivity index (χ1) is 12.0. The van der Waals surface area contributed by atoms with Crippen molar-refractivity contribution in [3.05, 3.63) is 60.2 Å². The van der Waals surface area contributed by atoms with Gasteiger partial charge in [0, 0.05) is 30.1 Å². The van der Waals surface area contributed by atoms with Gasteiger partial charge in [-0.2, -0.15) is 0 Å². The molecule has 0 spiro atoms. The molecular weight excluding hydrogens is 370 g/mol. The van der Waals surface area contributed by atoms with Crippen LogP contribution in [0.1, 0.15) is 25.5 Å². The van der Waals surface area contributed by atoms with Gasteiger partial charge in [-0.25, -0.2) is 0 Å². The third-order valence-corrected chi connectivity index (χ3v) is 4.69. The van der Waals surface area contributed by atoms with E-state index in [0.29, 0.717) is 6.54 Å². The van der Waals surface area contributed by atoms with E-state index in [2.05, 4.69) is 10.6 Å².